The third kappa shape index (κ3) is 5.06. The lowest BCUT2D eigenvalue weighted by Gasteiger charge is -2.18. The van der Waals surface area contributed by atoms with Crippen molar-refractivity contribution in [2.45, 2.75) is 44.9 Å². The van der Waals surface area contributed by atoms with E-state index in [1.165, 1.54) is 0 Å². The fraction of sp³-hybridized carbons (Fsp3) is 0.550. The number of nitrogens with zero attached hydrogens (tertiary/aromatic N) is 1. The Morgan fingerprint density at radius 2 is 1.96 bits per heavy atom. The van der Waals surface area contributed by atoms with E-state index in [1.54, 1.807) is 7.11 Å². The number of carbonyl (C=O) groups excluding carboxylic acids is 2. The molecule has 0 bridgehead atoms. The predicted molar refractivity (Wildman–Crippen MR) is 93.1 cm³/mol. The maximum Gasteiger partial charge on any atom is 0.309 e. The molecule has 5 nitrogen and oxygen atoms in total. The molecule has 1 aromatic carbocycles. The Bertz CT molecular complexity index is 632. The van der Waals surface area contributed by atoms with Crippen LogP contribution in [0.1, 0.15) is 50.5 Å². The van der Waals surface area contributed by atoms with Crippen molar-refractivity contribution >= 4 is 11.8 Å². The van der Waals surface area contributed by atoms with Crippen LogP contribution in [0.2, 0.25) is 0 Å². The number of ether oxygens (including phenoxy) is 2. The van der Waals surface area contributed by atoms with Crippen LogP contribution in [-0.2, 0) is 14.3 Å². The van der Waals surface area contributed by atoms with Crippen molar-refractivity contribution < 1.29 is 19.1 Å². The lowest BCUT2D eigenvalue weighted by atomic mass is 9.89. The third-order valence-electron chi connectivity index (χ3n) is 4.90. The minimum Gasteiger partial charge on any atom is -0.497 e. The molecule has 0 spiro atoms. The van der Waals surface area contributed by atoms with E-state index in [4.69, 9.17) is 14.7 Å². The second-order valence-corrected chi connectivity index (χ2v) is 6.49. The Labute approximate surface area is 148 Å². The molecule has 1 aromatic rings. The number of nitriles is 1. The highest BCUT2D eigenvalue weighted by Gasteiger charge is 2.40. The normalized spacial score (nSPS) is 22.2. The molecular weight excluding hydrogens is 318 g/mol. The Morgan fingerprint density at radius 1 is 1.24 bits per heavy atom. The van der Waals surface area contributed by atoms with Gasteiger partial charge in [0.05, 0.1) is 32.1 Å². The molecule has 1 saturated carbocycles. The molecule has 0 aromatic heterocycles. The zero-order chi connectivity index (χ0) is 18.2. The molecule has 1 aliphatic rings. The highest BCUT2D eigenvalue weighted by molar-refractivity contribution is 5.80. The number of methoxy groups -OCH3 is 1. The van der Waals surface area contributed by atoms with Crippen molar-refractivity contribution in [3.63, 3.8) is 0 Å². The maximum atomic E-state index is 12.4. The number of hydrogen-bond acceptors (Lipinski definition) is 5. The van der Waals surface area contributed by atoms with E-state index in [0.29, 0.717) is 18.9 Å². The van der Waals surface area contributed by atoms with Crippen LogP contribution in [-0.4, -0.2) is 25.5 Å². The smallest absolute Gasteiger partial charge is 0.309 e. The lowest BCUT2D eigenvalue weighted by Crippen LogP contribution is -2.20. The van der Waals surface area contributed by atoms with Crippen molar-refractivity contribution in [1.82, 2.24) is 0 Å². The van der Waals surface area contributed by atoms with E-state index in [-0.39, 0.29) is 30.0 Å². The molecule has 0 heterocycles. The number of esters is 1. The fourth-order valence-corrected chi connectivity index (χ4v) is 3.65. The zero-order valence-electron chi connectivity index (χ0n) is 14.9. The first-order valence-electron chi connectivity index (χ1n) is 8.78. The molecule has 0 aliphatic heterocycles. The van der Waals surface area contributed by atoms with Gasteiger partial charge in [-0.2, -0.15) is 5.26 Å². The highest BCUT2D eigenvalue weighted by Crippen LogP contribution is 2.45. The highest BCUT2D eigenvalue weighted by atomic mass is 16.5. The van der Waals surface area contributed by atoms with Crippen LogP contribution in [0.3, 0.4) is 0 Å². The van der Waals surface area contributed by atoms with Crippen molar-refractivity contribution in [3.8, 4) is 11.8 Å². The number of hydrogen-bond donors (Lipinski definition) is 0. The molecule has 0 radical (unpaired) electrons. The van der Waals surface area contributed by atoms with Crippen LogP contribution in [0, 0.1) is 23.2 Å². The topological polar surface area (TPSA) is 76.4 Å². The van der Waals surface area contributed by atoms with Crippen LogP contribution >= 0.6 is 0 Å². The predicted octanol–water partition coefficient (Wildman–Crippen LogP) is 3.63. The summed E-state index contributed by atoms with van der Waals surface area (Å²) >= 11 is 0. The summed E-state index contributed by atoms with van der Waals surface area (Å²) in [7, 11) is 1.63. The number of benzene rings is 1. The van der Waals surface area contributed by atoms with Gasteiger partial charge >= 0.3 is 5.97 Å². The van der Waals surface area contributed by atoms with Gasteiger partial charge in [-0.05, 0) is 55.7 Å². The monoisotopic (exact) mass is 343 g/mol. The van der Waals surface area contributed by atoms with Crippen molar-refractivity contribution in [3.05, 3.63) is 29.8 Å². The molecule has 0 saturated heterocycles. The summed E-state index contributed by atoms with van der Waals surface area (Å²) in [5.74, 6) is 0.819. The van der Waals surface area contributed by atoms with E-state index in [2.05, 4.69) is 0 Å². The van der Waals surface area contributed by atoms with Gasteiger partial charge in [0, 0.05) is 6.42 Å². The molecule has 3 atom stereocenters. The summed E-state index contributed by atoms with van der Waals surface area (Å²) < 4.78 is 10.5. The van der Waals surface area contributed by atoms with E-state index < -0.39 is 0 Å². The van der Waals surface area contributed by atoms with Gasteiger partial charge in [0.15, 0.2) is 0 Å². The average molecular weight is 343 g/mol. The number of carbonyl (C=O) groups is 2. The van der Waals surface area contributed by atoms with E-state index >= 15 is 0 Å². The summed E-state index contributed by atoms with van der Waals surface area (Å²) in [4.78, 5) is 24.0. The molecule has 0 amide bonds. The molecule has 25 heavy (non-hydrogen) atoms. The van der Waals surface area contributed by atoms with Gasteiger partial charge in [0.1, 0.15) is 11.5 Å². The molecule has 1 aliphatic carbocycles. The number of ketones is 1. The minimum atomic E-state index is -0.176. The van der Waals surface area contributed by atoms with Crippen LogP contribution in [0.4, 0.5) is 0 Å². The molecule has 1 unspecified atom stereocenters. The zero-order valence-corrected chi connectivity index (χ0v) is 14.9. The second kappa shape index (κ2) is 9.22. The summed E-state index contributed by atoms with van der Waals surface area (Å²) in [6.45, 7) is 2.18. The first-order chi connectivity index (χ1) is 12.1. The second-order valence-electron chi connectivity index (χ2n) is 6.49. The van der Waals surface area contributed by atoms with Crippen molar-refractivity contribution in [2.24, 2.45) is 11.8 Å². The van der Waals surface area contributed by atoms with Gasteiger partial charge in [-0.25, -0.2) is 0 Å². The third-order valence-corrected chi connectivity index (χ3v) is 4.90. The molecule has 2 rings (SSSR count). The summed E-state index contributed by atoms with van der Waals surface area (Å²) in [5, 5.41) is 8.59. The van der Waals surface area contributed by atoms with Crippen LogP contribution in [0.15, 0.2) is 24.3 Å². The molecule has 0 N–H and O–H groups in total. The van der Waals surface area contributed by atoms with E-state index in [9.17, 15) is 9.59 Å². The van der Waals surface area contributed by atoms with Gasteiger partial charge < -0.3 is 9.47 Å². The van der Waals surface area contributed by atoms with Gasteiger partial charge in [0.2, 0.25) is 0 Å². The average Bonchev–Trinajstić information content (AvgIpc) is 3.05. The summed E-state index contributed by atoms with van der Waals surface area (Å²) in [6, 6.07) is 9.70. The van der Waals surface area contributed by atoms with Crippen LogP contribution in [0.25, 0.3) is 0 Å². The maximum absolute atomic E-state index is 12.4. The fourth-order valence-electron chi connectivity index (χ4n) is 3.65. The van der Waals surface area contributed by atoms with Crippen molar-refractivity contribution in [1.29, 1.82) is 5.26 Å². The van der Waals surface area contributed by atoms with Gasteiger partial charge in [-0.3, -0.25) is 9.59 Å². The van der Waals surface area contributed by atoms with Crippen LogP contribution in [0.5, 0.6) is 5.75 Å². The molecule has 1 fully saturated rings. The Balaban J connectivity index is 2.09. The Kier molecular flexibility index (Phi) is 7.00. The summed E-state index contributed by atoms with van der Waals surface area (Å²) in [6.07, 6.45) is 2.69. The van der Waals surface area contributed by atoms with Crippen LogP contribution < -0.4 is 4.74 Å². The quantitative estimate of drug-likeness (QED) is 0.674. The van der Waals surface area contributed by atoms with Gasteiger partial charge in [-0.1, -0.05) is 12.1 Å². The van der Waals surface area contributed by atoms with Crippen molar-refractivity contribution in [2.75, 3.05) is 13.7 Å². The molecular formula is C20H25NO4. The SMILES string of the molecule is CCOC(=O)[C@@H]1CC(CCC(=O)CC#N)C[C@H]1c1ccc(OC)cc1. The molecule has 134 valence electrons. The first kappa shape index (κ1) is 19.0. The largest absolute Gasteiger partial charge is 0.497 e. The number of Topliss-reactive ketones (excluding diaryl/α,β-unsaturated/α-hetero) is 1. The first-order valence-corrected chi connectivity index (χ1v) is 8.78. The summed E-state index contributed by atoms with van der Waals surface area (Å²) in [5.41, 5.74) is 1.10. The standard InChI is InChI=1S/C20H25NO4/c1-3-25-20(23)19-13-14(4-7-16(22)10-11-21)12-18(19)15-5-8-17(24-2)9-6-15/h5-6,8-9,14,18-19H,3-4,7,10,12-13H2,1-2H3/t14?,18-,19+/m0/s1. The van der Waals surface area contributed by atoms with Gasteiger partial charge in [0.25, 0.3) is 0 Å². The van der Waals surface area contributed by atoms with E-state index in [0.717, 1.165) is 30.6 Å². The lowest BCUT2D eigenvalue weighted by molar-refractivity contribution is -0.148. The Hall–Kier alpha value is -2.35. The minimum absolute atomic E-state index is 0.0249. The number of rotatable bonds is 8. The van der Waals surface area contributed by atoms with E-state index in [1.807, 2.05) is 37.3 Å². The molecule has 5 heteroatoms. The van der Waals surface area contributed by atoms with Gasteiger partial charge in [-0.15, -0.1) is 0 Å². The Morgan fingerprint density at radius 3 is 2.56 bits per heavy atom.